The van der Waals surface area contributed by atoms with Crippen molar-refractivity contribution < 1.29 is 9.18 Å². The summed E-state index contributed by atoms with van der Waals surface area (Å²) in [7, 11) is 0. The number of hydrogen-bond donors (Lipinski definition) is 2. The molecule has 25 heavy (non-hydrogen) atoms. The molecular weight excluding hydrogens is 345 g/mol. The van der Waals surface area contributed by atoms with Gasteiger partial charge in [0.15, 0.2) is 0 Å². The molecule has 1 amide bonds. The van der Waals surface area contributed by atoms with Gasteiger partial charge in [0.05, 0.1) is 5.02 Å². The van der Waals surface area contributed by atoms with Crippen molar-refractivity contribution in [3.05, 3.63) is 59.1 Å². The van der Waals surface area contributed by atoms with Crippen molar-refractivity contribution in [3.8, 4) is 11.1 Å². The molecule has 128 valence electrons. The summed E-state index contributed by atoms with van der Waals surface area (Å²) in [6.45, 7) is 2.46. The molecule has 0 atom stereocenters. The Morgan fingerprint density at radius 3 is 2.80 bits per heavy atom. The van der Waals surface area contributed by atoms with E-state index >= 15 is 0 Å². The first-order valence-corrected chi connectivity index (χ1v) is 7.93. The number of rotatable bonds is 4. The largest absolute Gasteiger partial charge is 0.383 e. The second-order valence-electron chi connectivity index (χ2n) is 5.22. The second kappa shape index (κ2) is 6.90. The molecule has 0 aliphatic rings. The van der Waals surface area contributed by atoms with Gasteiger partial charge in [0.2, 0.25) is 0 Å². The number of nitrogens with two attached hydrogens (primary N) is 1. The van der Waals surface area contributed by atoms with Gasteiger partial charge in [0, 0.05) is 23.9 Å². The Hall–Kier alpha value is -2.93. The lowest BCUT2D eigenvalue weighted by atomic mass is 10.1. The van der Waals surface area contributed by atoms with Crippen molar-refractivity contribution >= 4 is 29.1 Å². The Bertz CT molecular complexity index is 941. The summed E-state index contributed by atoms with van der Waals surface area (Å²) >= 11 is 5.99. The van der Waals surface area contributed by atoms with Gasteiger partial charge in [-0.05, 0) is 31.2 Å². The number of anilines is 2. The summed E-state index contributed by atoms with van der Waals surface area (Å²) in [4.78, 5) is 16.5. The van der Waals surface area contributed by atoms with E-state index in [9.17, 15) is 9.18 Å². The van der Waals surface area contributed by atoms with Crippen molar-refractivity contribution in [2.24, 2.45) is 0 Å². The predicted molar refractivity (Wildman–Crippen MR) is 94.9 cm³/mol. The third-order valence-electron chi connectivity index (χ3n) is 3.66. The van der Waals surface area contributed by atoms with Gasteiger partial charge in [-0.1, -0.05) is 23.7 Å². The molecule has 1 aromatic carbocycles. The van der Waals surface area contributed by atoms with Crippen LogP contribution in [0.4, 0.5) is 16.0 Å². The van der Waals surface area contributed by atoms with E-state index < -0.39 is 5.82 Å². The van der Waals surface area contributed by atoms with Crippen LogP contribution < -0.4 is 11.1 Å². The minimum atomic E-state index is -0.538. The van der Waals surface area contributed by atoms with Crippen LogP contribution in [0, 0.1) is 5.82 Å². The lowest BCUT2D eigenvalue weighted by Crippen LogP contribution is -2.18. The fourth-order valence-electron chi connectivity index (χ4n) is 2.44. The van der Waals surface area contributed by atoms with Crippen molar-refractivity contribution in [2.75, 3.05) is 11.1 Å². The van der Waals surface area contributed by atoms with Crippen LogP contribution in [0.3, 0.4) is 0 Å². The summed E-state index contributed by atoms with van der Waals surface area (Å²) in [6.07, 6.45) is 1.55. The second-order valence-corrected chi connectivity index (χ2v) is 5.59. The highest BCUT2D eigenvalue weighted by molar-refractivity contribution is 6.33. The molecular formula is C17H15ClFN5O. The van der Waals surface area contributed by atoms with E-state index in [4.69, 9.17) is 17.3 Å². The number of aryl methyl sites for hydroxylation is 1. The molecule has 0 unspecified atom stereocenters. The van der Waals surface area contributed by atoms with E-state index in [2.05, 4.69) is 15.4 Å². The molecule has 0 radical (unpaired) electrons. The number of aromatic nitrogens is 3. The first-order chi connectivity index (χ1) is 12.0. The monoisotopic (exact) mass is 359 g/mol. The molecule has 0 spiro atoms. The number of nitrogens with zero attached hydrogens (tertiary/aromatic N) is 3. The lowest BCUT2D eigenvalue weighted by molar-refractivity contribution is 0.101. The number of halogens is 2. The van der Waals surface area contributed by atoms with E-state index in [1.54, 1.807) is 35.1 Å². The number of benzene rings is 1. The third-order valence-corrected chi connectivity index (χ3v) is 4.04. The molecule has 0 aliphatic heterocycles. The normalized spacial score (nSPS) is 10.7. The van der Waals surface area contributed by atoms with Crippen molar-refractivity contribution in [3.63, 3.8) is 0 Å². The highest BCUT2D eigenvalue weighted by atomic mass is 35.5. The molecule has 0 saturated heterocycles. The number of carbonyl (C=O) groups is 1. The van der Waals surface area contributed by atoms with Crippen LogP contribution in [0.5, 0.6) is 0 Å². The standard InChI is InChI=1S/C17H15ClFN5O/c1-2-24-13(8-9-21-24)17(25)23-14-7-6-11(16(20)22-14)10-4-3-5-12(19)15(10)18/h3-9H,2H2,1H3,(H3,20,22,23,25). The Labute approximate surface area is 148 Å². The molecule has 8 heteroatoms. The SMILES string of the molecule is CCn1nccc1C(=O)Nc1ccc(-c2cccc(F)c2Cl)c(N)n1. The zero-order chi connectivity index (χ0) is 18.0. The molecule has 3 N–H and O–H groups in total. The number of nitrogen functional groups attached to an aromatic ring is 1. The van der Waals surface area contributed by atoms with E-state index in [0.29, 0.717) is 23.4 Å². The fraction of sp³-hybridized carbons (Fsp3) is 0.118. The van der Waals surface area contributed by atoms with Gasteiger partial charge in [-0.3, -0.25) is 9.48 Å². The molecule has 0 bridgehead atoms. The van der Waals surface area contributed by atoms with Gasteiger partial charge >= 0.3 is 0 Å². The van der Waals surface area contributed by atoms with E-state index in [-0.39, 0.29) is 22.6 Å². The van der Waals surface area contributed by atoms with Crippen molar-refractivity contribution in [1.82, 2.24) is 14.8 Å². The van der Waals surface area contributed by atoms with E-state index in [1.165, 1.54) is 12.1 Å². The predicted octanol–water partition coefficient (Wildman–Crippen LogP) is 3.59. The molecule has 6 nitrogen and oxygen atoms in total. The summed E-state index contributed by atoms with van der Waals surface area (Å²) in [6, 6.07) is 9.28. The molecule has 2 aromatic heterocycles. The maximum atomic E-state index is 13.6. The zero-order valence-corrected chi connectivity index (χ0v) is 14.1. The van der Waals surface area contributed by atoms with Crippen LogP contribution in [-0.2, 0) is 6.54 Å². The van der Waals surface area contributed by atoms with Crippen LogP contribution in [0.1, 0.15) is 17.4 Å². The third kappa shape index (κ3) is 3.32. The Morgan fingerprint density at radius 1 is 1.28 bits per heavy atom. The van der Waals surface area contributed by atoms with Crippen LogP contribution >= 0.6 is 11.6 Å². The first-order valence-electron chi connectivity index (χ1n) is 7.55. The summed E-state index contributed by atoms with van der Waals surface area (Å²) in [5.74, 6) is -0.469. The number of pyridine rings is 1. The molecule has 0 saturated carbocycles. The molecule has 3 rings (SSSR count). The van der Waals surface area contributed by atoms with Crippen LogP contribution in [0.25, 0.3) is 11.1 Å². The summed E-state index contributed by atoms with van der Waals surface area (Å²) in [5, 5.41) is 6.69. The Morgan fingerprint density at radius 2 is 2.08 bits per heavy atom. The first kappa shape index (κ1) is 16.9. The molecule has 3 aromatic rings. The van der Waals surface area contributed by atoms with E-state index in [1.807, 2.05) is 6.92 Å². The number of nitrogens with one attached hydrogen (secondary N) is 1. The average molecular weight is 360 g/mol. The molecule has 0 aliphatic carbocycles. The Balaban J connectivity index is 1.87. The minimum absolute atomic E-state index is 0.0281. The number of amides is 1. The van der Waals surface area contributed by atoms with Gasteiger partial charge < -0.3 is 11.1 Å². The minimum Gasteiger partial charge on any atom is -0.383 e. The van der Waals surface area contributed by atoms with Crippen molar-refractivity contribution in [2.45, 2.75) is 13.5 Å². The quantitative estimate of drug-likeness (QED) is 0.745. The summed E-state index contributed by atoms with van der Waals surface area (Å²) in [5.41, 5.74) is 7.30. The van der Waals surface area contributed by atoms with Gasteiger partial charge in [-0.25, -0.2) is 9.37 Å². The van der Waals surface area contributed by atoms with Crippen LogP contribution in [-0.4, -0.2) is 20.7 Å². The van der Waals surface area contributed by atoms with Crippen LogP contribution in [0.15, 0.2) is 42.6 Å². The molecule has 2 heterocycles. The lowest BCUT2D eigenvalue weighted by Gasteiger charge is -2.11. The Kier molecular flexibility index (Phi) is 4.67. The topological polar surface area (TPSA) is 85.8 Å². The van der Waals surface area contributed by atoms with Gasteiger partial charge in [0.1, 0.15) is 23.1 Å². The van der Waals surface area contributed by atoms with Crippen LogP contribution in [0.2, 0.25) is 5.02 Å². The van der Waals surface area contributed by atoms with Crippen molar-refractivity contribution in [1.29, 1.82) is 0 Å². The number of hydrogen-bond acceptors (Lipinski definition) is 4. The maximum absolute atomic E-state index is 13.6. The number of carbonyl (C=O) groups excluding carboxylic acids is 1. The maximum Gasteiger partial charge on any atom is 0.275 e. The highest BCUT2D eigenvalue weighted by Crippen LogP contribution is 2.33. The fourth-order valence-corrected chi connectivity index (χ4v) is 2.67. The van der Waals surface area contributed by atoms with E-state index in [0.717, 1.165) is 0 Å². The van der Waals surface area contributed by atoms with Gasteiger partial charge in [-0.15, -0.1) is 0 Å². The smallest absolute Gasteiger partial charge is 0.275 e. The highest BCUT2D eigenvalue weighted by Gasteiger charge is 2.15. The molecule has 0 fully saturated rings. The summed E-state index contributed by atoms with van der Waals surface area (Å²) < 4.78 is 15.2. The zero-order valence-electron chi connectivity index (χ0n) is 13.3. The van der Waals surface area contributed by atoms with Gasteiger partial charge in [0.25, 0.3) is 5.91 Å². The van der Waals surface area contributed by atoms with Gasteiger partial charge in [-0.2, -0.15) is 5.10 Å². The average Bonchev–Trinajstić information content (AvgIpc) is 3.07.